The van der Waals surface area contributed by atoms with Gasteiger partial charge in [-0.25, -0.2) is 4.79 Å². The molecule has 3 atom stereocenters. The van der Waals surface area contributed by atoms with Gasteiger partial charge in [-0.05, 0) is 0 Å². The third-order valence-corrected chi connectivity index (χ3v) is 2.48. The van der Waals surface area contributed by atoms with Crippen molar-refractivity contribution in [1.29, 1.82) is 0 Å². The van der Waals surface area contributed by atoms with Gasteiger partial charge < -0.3 is 18.9 Å². The highest BCUT2D eigenvalue weighted by Gasteiger charge is 2.44. The van der Waals surface area contributed by atoms with E-state index in [0.717, 1.165) is 0 Å². The minimum atomic E-state index is -0.438. The fourth-order valence-electron chi connectivity index (χ4n) is 1.52. The summed E-state index contributed by atoms with van der Waals surface area (Å²) in [6.07, 6.45) is 1.66. The molecular weight excluding hydrogens is 224 g/mol. The van der Waals surface area contributed by atoms with Crippen LogP contribution in [0.15, 0.2) is 24.8 Å². The smallest absolute Gasteiger partial charge is 0.333 e. The Morgan fingerprint density at radius 1 is 1.53 bits per heavy atom. The zero-order chi connectivity index (χ0) is 12.8. The molecule has 5 nitrogen and oxygen atoms in total. The Hall–Kier alpha value is -1.17. The van der Waals surface area contributed by atoms with Gasteiger partial charge in [0, 0.05) is 19.1 Å². The van der Waals surface area contributed by atoms with Crippen LogP contribution in [-0.2, 0) is 23.7 Å². The molecule has 1 aliphatic rings. The Kier molecular flexibility index (Phi) is 5.34. The van der Waals surface area contributed by atoms with Crippen LogP contribution in [0.2, 0.25) is 0 Å². The molecule has 96 valence electrons. The topological polar surface area (TPSA) is 57.3 Å². The van der Waals surface area contributed by atoms with Gasteiger partial charge in [-0.1, -0.05) is 12.7 Å². The van der Waals surface area contributed by atoms with E-state index in [0.29, 0.717) is 12.0 Å². The maximum Gasteiger partial charge on any atom is 0.333 e. The normalized spacial score (nSPS) is 23.9. The first-order valence-corrected chi connectivity index (χ1v) is 5.28. The average Bonchev–Trinajstić information content (AvgIpc) is 3.12. The second kappa shape index (κ2) is 6.54. The van der Waals surface area contributed by atoms with Gasteiger partial charge in [0.2, 0.25) is 0 Å². The van der Waals surface area contributed by atoms with Crippen LogP contribution >= 0.6 is 0 Å². The molecule has 0 aromatic heterocycles. The molecule has 0 aliphatic carbocycles. The van der Waals surface area contributed by atoms with Crippen LogP contribution in [0.5, 0.6) is 0 Å². The molecule has 0 unspecified atom stereocenters. The van der Waals surface area contributed by atoms with Gasteiger partial charge in [-0.15, -0.1) is 6.58 Å². The molecule has 1 rings (SSSR count). The lowest BCUT2D eigenvalue weighted by Crippen LogP contribution is -2.25. The van der Waals surface area contributed by atoms with Crippen LogP contribution in [0.1, 0.15) is 6.42 Å². The van der Waals surface area contributed by atoms with E-state index in [1.807, 2.05) is 0 Å². The molecule has 1 fully saturated rings. The zero-order valence-electron chi connectivity index (χ0n) is 10.2. The summed E-state index contributed by atoms with van der Waals surface area (Å²) in [6.45, 7) is 7.44. The Balaban J connectivity index is 2.49. The van der Waals surface area contributed by atoms with E-state index in [1.54, 1.807) is 6.08 Å². The number of rotatable bonds is 8. The van der Waals surface area contributed by atoms with E-state index >= 15 is 0 Å². The number of methoxy groups -OCH3 is 2. The van der Waals surface area contributed by atoms with Crippen LogP contribution in [0, 0.1) is 0 Å². The summed E-state index contributed by atoms with van der Waals surface area (Å²) in [5.41, 5.74) is 0.354. The summed E-state index contributed by atoms with van der Waals surface area (Å²) < 4.78 is 20.2. The first-order chi connectivity index (χ1) is 8.13. The van der Waals surface area contributed by atoms with E-state index in [2.05, 4.69) is 17.9 Å². The van der Waals surface area contributed by atoms with Crippen LogP contribution in [0.4, 0.5) is 0 Å². The summed E-state index contributed by atoms with van der Waals surface area (Å²) in [5.74, 6) is -0.438. The number of epoxide rings is 1. The quantitative estimate of drug-likeness (QED) is 0.209. The standard InChI is InChI=1S/C12H18O5/c1-5-9-11(17-9)10(16-7-14-3)6-8(2)12(13)15-4/h5,9-11H,1-2,6-7H2,3-4H3/t9-,10-,11-/m1/s1. The molecule has 1 aliphatic heterocycles. The fraction of sp³-hybridized carbons (Fsp3) is 0.583. The van der Waals surface area contributed by atoms with Gasteiger partial charge in [-0.2, -0.15) is 0 Å². The number of ether oxygens (including phenoxy) is 4. The summed E-state index contributed by atoms with van der Waals surface area (Å²) in [6, 6.07) is 0. The van der Waals surface area contributed by atoms with Crippen molar-refractivity contribution in [3.05, 3.63) is 24.8 Å². The zero-order valence-corrected chi connectivity index (χ0v) is 10.2. The number of hydrogen-bond acceptors (Lipinski definition) is 5. The van der Waals surface area contributed by atoms with Crippen LogP contribution in [0.25, 0.3) is 0 Å². The lowest BCUT2D eigenvalue weighted by molar-refractivity contribution is -0.137. The molecule has 0 N–H and O–H groups in total. The van der Waals surface area contributed by atoms with Gasteiger partial charge in [0.05, 0.1) is 13.2 Å². The van der Waals surface area contributed by atoms with Crippen LogP contribution in [0.3, 0.4) is 0 Å². The lowest BCUT2D eigenvalue weighted by atomic mass is 10.1. The van der Waals surface area contributed by atoms with Crippen molar-refractivity contribution in [2.75, 3.05) is 21.0 Å². The van der Waals surface area contributed by atoms with Crippen molar-refractivity contribution in [3.63, 3.8) is 0 Å². The number of carbonyl (C=O) groups is 1. The van der Waals surface area contributed by atoms with E-state index in [-0.39, 0.29) is 25.1 Å². The second-order valence-corrected chi connectivity index (χ2v) is 3.71. The minimum absolute atomic E-state index is 0.0256. The molecule has 5 heteroatoms. The van der Waals surface area contributed by atoms with Crippen molar-refractivity contribution < 1.29 is 23.7 Å². The predicted molar refractivity (Wildman–Crippen MR) is 61.4 cm³/mol. The van der Waals surface area contributed by atoms with E-state index < -0.39 is 5.97 Å². The SMILES string of the molecule is C=C[C@H]1O[C@H]1[C@@H](CC(=C)C(=O)OC)OCOC. The largest absolute Gasteiger partial charge is 0.466 e. The van der Waals surface area contributed by atoms with Crippen molar-refractivity contribution in [3.8, 4) is 0 Å². The Morgan fingerprint density at radius 3 is 2.71 bits per heavy atom. The minimum Gasteiger partial charge on any atom is -0.466 e. The first-order valence-electron chi connectivity index (χ1n) is 5.28. The van der Waals surface area contributed by atoms with Gasteiger partial charge >= 0.3 is 5.97 Å². The Morgan fingerprint density at radius 2 is 2.24 bits per heavy atom. The monoisotopic (exact) mass is 242 g/mol. The van der Waals surface area contributed by atoms with E-state index in [9.17, 15) is 4.79 Å². The molecular formula is C12H18O5. The van der Waals surface area contributed by atoms with Gasteiger partial charge in [0.25, 0.3) is 0 Å². The van der Waals surface area contributed by atoms with Gasteiger partial charge in [0.1, 0.15) is 19.0 Å². The molecule has 0 radical (unpaired) electrons. The molecule has 17 heavy (non-hydrogen) atoms. The molecule has 0 aromatic carbocycles. The molecule has 0 amide bonds. The van der Waals surface area contributed by atoms with Crippen LogP contribution in [-0.4, -0.2) is 45.3 Å². The summed E-state index contributed by atoms with van der Waals surface area (Å²) in [5, 5.41) is 0. The highest BCUT2D eigenvalue weighted by Crippen LogP contribution is 2.31. The first kappa shape index (κ1) is 13.9. The summed E-state index contributed by atoms with van der Waals surface area (Å²) in [7, 11) is 2.85. The molecule has 0 saturated carbocycles. The maximum atomic E-state index is 11.2. The number of hydrogen-bond donors (Lipinski definition) is 0. The fourth-order valence-corrected chi connectivity index (χ4v) is 1.52. The third-order valence-electron chi connectivity index (χ3n) is 2.48. The Labute approximate surface area is 101 Å². The maximum absolute atomic E-state index is 11.2. The van der Waals surface area contributed by atoms with Crippen molar-refractivity contribution in [1.82, 2.24) is 0 Å². The van der Waals surface area contributed by atoms with E-state index in [1.165, 1.54) is 14.2 Å². The van der Waals surface area contributed by atoms with Crippen LogP contribution < -0.4 is 0 Å². The summed E-state index contributed by atoms with van der Waals surface area (Å²) >= 11 is 0. The van der Waals surface area contributed by atoms with Crippen molar-refractivity contribution in [2.45, 2.75) is 24.7 Å². The molecule has 0 bridgehead atoms. The number of esters is 1. The average molecular weight is 242 g/mol. The summed E-state index contributed by atoms with van der Waals surface area (Å²) in [4.78, 5) is 11.2. The van der Waals surface area contributed by atoms with Crippen molar-refractivity contribution in [2.24, 2.45) is 0 Å². The van der Waals surface area contributed by atoms with E-state index in [4.69, 9.17) is 14.2 Å². The molecule has 0 spiro atoms. The number of carbonyl (C=O) groups excluding carboxylic acids is 1. The third kappa shape index (κ3) is 3.96. The van der Waals surface area contributed by atoms with Crippen molar-refractivity contribution >= 4 is 5.97 Å². The second-order valence-electron chi connectivity index (χ2n) is 3.71. The highest BCUT2D eigenvalue weighted by atomic mass is 16.7. The van der Waals surface area contributed by atoms with Gasteiger partial charge in [-0.3, -0.25) is 0 Å². The Bertz CT molecular complexity index is 299. The highest BCUT2D eigenvalue weighted by molar-refractivity contribution is 5.87. The molecule has 1 saturated heterocycles. The lowest BCUT2D eigenvalue weighted by Gasteiger charge is -2.15. The molecule has 0 aromatic rings. The predicted octanol–water partition coefficient (Wildman–Crippen LogP) is 1.05. The van der Waals surface area contributed by atoms with Gasteiger partial charge in [0.15, 0.2) is 0 Å². The molecule has 1 heterocycles.